The molecule has 1 aromatic carbocycles. The van der Waals surface area contributed by atoms with Crippen LogP contribution in [0.1, 0.15) is 25.0 Å². The van der Waals surface area contributed by atoms with Crippen LogP contribution >= 0.6 is 0 Å². The van der Waals surface area contributed by atoms with E-state index in [0.717, 1.165) is 15.8 Å². The van der Waals surface area contributed by atoms with Gasteiger partial charge in [0, 0.05) is 12.6 Å². The van der Waals surface area contributed by atoms with E-state index in [1.54, 1.807) is 19.9 Å². The van der Waals surface area contributed by atoms with E-state index in [2.05, 4.69) is 25.9 Å². The molecule has 11 nitrogen and oxygen atoms in total. The lowest BCUT2D eigenvalue weighted by atomic mass is 10.1. The molecule has 0 saturated carbocycles. The van der Waals surface area contributed by atoms with Crippen LogP contribution in [-0.4, -0.2) is 51.1 Å². The van der Waals surface area contributed by atoms with Crippen molar-refractivity contribution in [2.45, 2.75) is 27.4 Å². The van der Waals surface area contributed by atoms with Crippen molar-refractivity contribution >= 4 is 17.1 Å². The molecule has 2 rings (SSSR count). The normalized spacial score (nSPS) is 12.9. The number of tetrazole rings is 1. The molecular formula is C17H23N7O4. The molecule has 0 amide bonds. The number of hydrogen-bond donors (Lipinski definition) is 0. The largest absolute Gasteiger partial charge is 0.399 e. The number of benzene rings is 1. The zero-order valence-corrected chi connectivity index (χ0v) is 16.7. The topological polar surface area (TPSA) is 117 Å². The van der Waals surface area contributed by atoms with Crippen molar-refractivity contribution in [3.63, 3.8) is 0 Å². The Labute approximate surface area is 161 Å². The molecule has 0 aliphatic carbocycles. The van der Waals surface area contributed by atoms with Crippen molar-refractivity contribution < 1.29 is 14.5 Å². The van der Waals surface area contributed by atoms with Gasteiger partial charge >= 0.3 is 5.69 Å². The van der Waals surface area contributed by atoms with Crippen LogP contribution in [0.4, 0.5) is 0 Å². The van der Waals surface area contributed by atoms with E-state index in [1.807, 2.05) is 19.1 Å². The van der Waals surface area contributed by atoms with Gasteiger partial charge in [-0.3, -0.25) is 0 Å². The van der Waals surface area contributed by atoms with Crippen LogP contribution in [-0.2, 0) is 28.2 Å². The van der Waals surface area contributed by atoms with Gasteiger partial charge in [0.25, 0.3) is 0 Å². The van der Waals surface area contributed by atoms with E-state index in [1.165, 1.54) is 25.9 Å². The first-order chi connectivity index (χ1) is 13.4. The molecule has 28 heavy (non-hydrogen) atoms. The zero-order chi connectivity index (χ0) is 20.7. The highest BCUT2D eigenvalue weighted by Crippen LogP contribution is 2.18. The second-order valence-corrected chi connectivity index (χ2v) is 5.80. The Morgan fingerprint density at radius 1 is 1.07 bits per heavy atom. The molecule has 0 aliphatic rings. The fraction of sp³-hybridized carbons (Fsp3) is 0.412. The van der Waals surface area contributed by atoms with Gasteiger partial charge in [-0.2, -0.15) is 9.36 Å². The van der Waals surface area contributed by atoms with E-state index in [0.29, 0.717) is 22.8 Å². The zero-order valence-electron chi connectivity index (χ0n) is 16.7. The molecule has 0 bridgehead atoms. The standard InChI is InChI=1S/C17H23N7O4/c1-11-8-7-9-15(24-17(25)23(4)21-22-24)14(11)10-28-19-13(3)16(20-27-6)12(2)18-26-5/h7-9H,10H2,1-6H3/b18-12-,19-13+,20-16-. The van der Waals surface area contributed by atoms with Crippen LogP contribution < -0.4 is 5.69 Å². The maximum atomic E-state index is 12.2. The molecule has 0 unspecified atom stereocenters. The maximum absolute atomic E-state index is 12.2. The highest BCUT2D eigenvalue weighted by atomic mass is 16.6. The summed E-state index contributed by atoms with van der Waals surface area (Å²) in [5, 5.41) is 19.4. The van der Waals surface area contributed by atoms with Crippen molar-refractivity contribution in [2.24, 2.45) is 22.5 Å². The van der Waals surface area contributed by atoms with Gasteiger partial charge in [0.15, 0.2) is 5.71 Å². The lowest BCUT2D eigenvalue weighted by Crippen LogP contribution is -2.23. The van der Waals surface area contributed by atoms with Gasteiger partial charge in [-0.15, -0.1) is 0 Å². The lowest BCUT2D eigenvalue weighted by Gasteiger charge is -2.11. The van der Waals surface area contributed by atoms with Gasteiger partial charge in [-0.1, -0.05) is 27.6 Å². The quantitative estimate of drug-likeness (QED) is 0.494. The molecular weight excluding hydrogens is 366 g/mol. The smallest absolute Gasteiger partial charge is 0.368 e. The van der Waals surface area contributed by atoms with Crippen LogP contribution in [0.25, 0.3) is 5.69 Å². The van der Waals surface area contributed by atoms with Crippen LogP contribution in [0.15, 0.2) is 38.5 Å². The molecule has 2 aromatic rings. The van der Waals surface area contributed by atoms with Crippen molar-refractivity contribution in [3.8, 4) is 5.69 Å². The predicted octanol–water partition coefficient (Wildman–Crippen LogP) is 1.19. The van der Waals surface area contributed by atoms with Crippen LogP contribution in [0, 0.1) is 6.92 Å². The molecule has 1 heterocycles. The molecule has 0 saturated heterocycles. The van der Waals surface area contributed by atoms with Crippen molar-refractivity contribution in [3.05, 3.63) is 39.8 Å². The summed E-state index contributed by atoms with van der Waals surface area (Å²) in [6, 6.07) is 5.51. The minimum Gasteiger partial charge on any atom is -0.399 e. The summed E-state index contributed by atoms with van der Waals surface area (Å²) >= 11 is 0. The second-order valence-electron chi connectivity index (χ2n) is 5.80. The number of oxime groups is 3. The predicted molar refractivity (Wildman–Crippen MR) is 104 cm³/mol. The molecule has 0 radical (unpaired) electrons. The summed E-state index contributed by atoms with van der Waals surface area (Å²) in [5.41, 5.74) is 3.23. The van der Waals surface area contributed by atoms with E-state index >= 15 is 0 Å². The number of rotatable bonds is 8. The average Bonchev–Trinajstić information content (AvgIpc) is 2.99. The molecule has 0 fully saturated rings. The van der Waals surface area contributed by atoms with Gasteiger partial charge < -0.3 is 14.5 Å². The highest BCUT2D eigenvalue weighted by Gasteiger charge is 2.14. The van der Waals surface area contributed by atoms with Crippen molar-refractivity contribution in [1.82, 2.24) is 19.8 Å². The summed E-state index contributed by atoms with van der Waals surface area (Å²) in [5.74, 6) is 0. The first-order valence-electron chi connectivity index (χ1n) is 8.34. The Morgan fingerprint density at radius 2 is 1.75 bits per heavy atom. The van der Waals surface area contributed by atoms with E-state index in [4.69, 9.17) is 14.5 Å². The van der Waals surface area contributed by atoms with Gasteiger partial charge in [-0.25, -0.2) is 4.79 Å². The minimum absolute atomic E-state index is 0.114. The van der Waals surface area contributed by atoms with E-state index in [-0.39, 0.29) is 12.3 Å². The summed E-state index contributed by atoms with van der Waals surface area (Å²) in [6.45, 7) is 5.44. The van der Waals surface area contributed by atoms with Crippen molar-refractivity contribution in [1.29, 1.82) is 0 Å². The fourth-order valence-corrected chi connectivity index (χ4v) is 2.44. The third-order valence-electron chi connectivity index (χ3n) is 3.84. The van der Waals surface area contributed by atoms with Crippen LogP contribution in [0.5, 0.6) is 0 Å². The number of hydrogen-bond acceptors (Lipinski definition) is 9. The van der Waals surface area contributed by atoms with Gasteiger partial charge in [0.05, 0.1) is 5.69 Å². The third-order valence-corrected chi connectivity index (χ3v) is 3.84. The van der Waals surface area contributed by atoms with Gasteiger partial charge in [0.2, 0.25) is 0 Å². The SMILES string of the molecule is CO\N=C(C)/C(=N/OC)C(/C)=N/OCc1c(C)cccc1-n1nnn(C)c1=O. The first-order valence-corrected chi connectivity index (χ1v) is 8.34. The first kappa shape index (κ1) is 20.8. The Kier molecular flexibility index (Phi) is 7.02. The Balaban J connectivity index is 2.29. The fourth-order valence-electron chi connectivity index (χ4n) is 2.44. The Bertz CT molecular complexity index is 972. The average molecular weight is 389 g/mol. The Morgan fingerprint density at radius 3 is 2.36 bits per heavy atom. The molecule has 11 heteroatoms. The van der Waals surface area contributed by atoms with Gasteiger partial charge in [-0.05, 0) is 42.8 Å². The molecule has 0 spiro atoms. The minimum atomic E-state index is -0.354. The summed E-state index contributed by atoms with van der Waals surface area (Å²) < 4.78 is 2.37. The monoisotopic (exact) mass is 389 g/mol. The van der Waals surface area contributed by atoms with Crippen molar-refractivity contribution in [2.75, 3.05) is 14.2 Å². The molecule has 0 atom stereocenters. The third kappa shape index (κ3) is 4.61. The van der Waals surface area contributed by atoms with Crippen LogP contribution in [0.2, 0.25) is 0 Å². The van der Waals surface area contributed by atoms with Crippen LogP contribution in [0.3, 0.4) is 0 Å². The number of aryl methyl sites for hydroxylation is 2. The summed E-state index contributed by atoms with van der Waals surface area (Å²) in [7, 11) is 4.39. The molecule has 150 valence electrons. The molecule has 1 aromatic heterocycles. The molecule has 0 N–H and O–H groups in total. The number of aromatic nitrogens is 4. The number of nitrogens with zero attached hydrogens (tertiary/aromatic N) is 7. The summed E-state index contributed by atoms with van der Waals surface area (Å²) in [6.07, 6.45) is 0. The van der Waals surface area contributed by atoms with E-state index in [9.17, 15) is 4.79 Å². The maximum Gasteiger partial charge on any atom is 0.368 e. The summed E-state index contributed by atoms with van der Waals surface area (Å²) in [4.78, 5) is 27.3. The Hall–Kier alpha value is -3.50. The lowest BCUT2D eigenvalue weighted by molar-refractivity contribution is 0.130. The highest BCUT2D eigenvalue weighted by molar-refractivity contribution is 6.67. The second kappa shape index (κ2) is 9.44. The van der Waals surface area contributed by atoms with E-state index < -0.39 is 0 Å². The molecule has 0 aliphatic heterocycles. The van der Waals surface area contributed by atoms with Gasteiger partial charge in [0.1, 0.15) is 32.2 Å².